The molecule has 2 heterocycles. The Kier molecular flexibility index (Phi) is 4.44. The first-order valence-corrected chi connectivity index (χ1v) is 7.17. The molecule has 2 aromatic heterocycles. The fourth-order valence-electron chi connectivity index (χ4n) is 1.82. The predicted octanol–water partition coefficient (Wildman–Crippen LogP) is 2.97. The molecule has 1 amide bonds. The molecule has 7 heteroatoms. The molecule has 3 aromatic rings. The molecule has 6 nitrogen and oxygen atoms in total. The second-order valence-corrected chi connectivity index (χ2v) is 5.02. The van der Waals surface area contributed by atoms with Gasteiger partial charge >= 0.3 is 0 Å². The molecule has 0 aliphatic carbocycles. The Labute approximate surface area is 137 Å². The number of carbonyl (C=O) groups is 1. The van der Waals surface area contributed by atoms with Crippen LogP contribution in [0, 0.1) is 0 Å². The van der Waals surface area contributed by atoms with E-state index in [4.69, 9.17) is 11.6 Å². The molecule has 1 N–H and O–H groups in total. The van der Waals surface area contributed by atoms with Crippen LogP contribution in [0.25, 0.3) is 11.8 Å². The molecule has 114 valence electrons. The molecule has 0 spiro atoms. The normalized spacial score (nSPS) is 10.8. The van der Waals surface area contributed by atoms with Crippen LogP contribution in [0.1, 0.15) is 5.69 Å². The van der Waals surface area contributed by atoms with Crippen molar-refractivity contribution in [2.45, 2.75) is 0 Å². The molecule has 0 saturated carbocycles. The summed E-state index contributed by atoms with van der Waals surface area (Å²) in [6, 6.07) is 12.8. The third-order valence-electron chi connectivity index (χ3n) is 2.88. The minimum Gasteiger partial charge on any atom is -0.307 e. The van der Waals surface area contributed by atoms with Crippen molar-refractivity contribution < 1.29 is 4.79 Å². The maximum Gasteiger partial charge on any atom is 0.249 e. The van der Waals surface area contributed by atoms with E-state index >= 15 is 0 Å². The molecule has 0 saturated heterocycles. The van der Waals surface area contributed by atoms with Crippen molar-refractivity contribution in [3.63, 3.8) is 0 Å². The first-order valence-electron chi connectivity index (χ1n) is 6.79. The number of para-hydroxylation sites is 1. The monoisotopic (exact) mass is 325 g/mol. The number of rotatable bonds is 4. The van der Waals surface area contributed by atoms with E-state index in [2.05, 4.69) is 20.5 Å². The second-order valence-electron chi connectivity index (χ2n) is 4.58. The summed E-state index contributed by atoms with van der Waals surface area (Å²) in [6.07, 6.45) is 6.00. The zero-order chi connectivity index (χ0) is 16.1. The Hall–Kier alpha value is -2.99. The Bertz CT molecular complexity index is 827. The van der Waals surface area contributed by atoms with Crippen LogP contribution >= 0.6 is 11.6 Å². The van der Waals surface area contributed by atoms with E-state index in [1.165, 1.54) is 17.1 Å². The molecular formula is C16H12ClN5O. The summed E-state index contributed by atoms with van der Waals surface area (Å²) in [6.45, 7) is 0. The van der Waals surface area contributed by atoms with Crippen LogP contribution in [0.4, 0.5) is 5.82 Å². The van der Waals surface area contributed by atoms with Crippen molar-refractivity contribution in [2.75, 3.05) is 5.32 Å². The summed E-state index contributed by atoms with van der Waals surface area (Å²) in [4.78, 5) is 17.3. The summed E-state index contributed by atoms with van der Waals surface area (Å²) < 4.78 is 0. The number of benzene rings is 1. The average molecular weight is 326 g/mol. The largest absolute Gasteiger partial charge is 0.307 e. The van der Waals surface area contributed by atoms with Crippen molar-refractivity contribution in [3.8, 4) is 5.69 Å². The molecule has 0 aliphatic rings. The fraction of sp³-hybridized carbons (Fsp3) is 0. The fourth-order valence-corrected chi connectivity index (χ4v) is 1.93. The predicted molar refractivity (Wildman–Crippen MR) is 88.3 cm³/mol. The first-order chi connectivity index (χ1) is 11.2. The van der Waals surface area contributed by atoms with Crippen molar-refractivity contribution >= 4 is 29.4 Å². The Morgan fingerprint density at radius 2 is 1.96 bits per heavy atom. The first kappa shape index (κ1) is 14.9. The van der Waals surface area contributed by atoms with Crippen LogP contribution in [0.15, 0.2) is 60.9 Å². The highest BCUT2D eigenvalue weighted by Gasteiger charge is 2.02. The van der Waals surface area contributed by atoms with E-state index in [-0.39, 0.29) is 5.91 Å². The van der Waals surface area contributed by atoms with Crippen LogP contribution in [-0.4, -0.2) is 25.9 Å². The maximum absolute atomic E-state index is 11.8. The summed E-state index contributed by atoms with van der Waals surface area (Å²) in [7, 11) is 0. The molecule has 3 rings (SSSR count). The molecule has 0 atom stereocenters. The van der Waals surface area contributed by atoms with E-state index in [0.29, 0.717) is 16.5 Å². The number of anilines is 1. The van der Waals surface area contributed by atoms with E-state index in [0.717, 1.165) is 5.69 Å². The van der Waals surface area contributed by atoms with Gasteiger partial charge < -0.3 is 5.32 Å². The number of amides is 1. The van der Waals surface area contributed by atoms with E-state index in [1.807, 2.05) is 30.3 Å². The van der Waals surface area contributed by atoms with Gasteiger partial charge in [-0.1, -0.05) is 29.8 Å². The second kappa shape index (κ2) is 6.85. The lowest BCUT2D eigenvalue weighted by atomic mass is 10.3. The zero-order valence-electron chi connectivity index (χ0n) is 11.9. The lowest BCUT2D eigenvalue weighted by Crippen LogP contribution is -2.08. The van der Waals surface area contributed by atoms with Gasteiger partial charge in [-0.05, 0) is 30.3 Å². The highest BCUT2D eigenvalue weighted by Crippen LogP contribution is 2.10. The highest BCUT2D eigenvalue weighted by atomic mass is 35.5. The molecule has 0 radical (unpaired) electrons. The van der Waals surface area contributed by atoms with Crippen molar-refractivity contribution in [2.24, 2.45) is 0 Å². The molecule has 0 aliphatic heterocycles. The van der Waals surface area contributed by atoms with Gasteiger partial charge in [-0.2, -0.15) is 9.90 Å². The van der Waals surface area contributed by atoms with Gasteiger partial charge in [0.2, 0.25) is 5.91 Å². The van der Waals surface area contributed by atoms with Crippen molar-refractivity contribution in [3.05, 3.63) is 71.7 Å². The lowest BCUT2D eigenvalue weighted by molar-refractivity contribution is -0.111. The van der Waals surface area contributed by atoms with Crippen LogP contribution in [-0.2, 0) is 4.79 Å². The Morgan fingerprint density at radius 3 is 2.70 bits per heavy atom. The van der Waals surface area contributed by atoms with Gasteiger partial charge in [-0.15, -0.1) is 5.10 Å². The van der Waals surface area contributed by atoms with Gasteiger partial charge in [-0.25, -0.2) is 4.98 Å². The number of hydrogen-bond acceptors (Lipinski definition) is 4. The molecular weight excluding hydrogens is 314 g/mol. The minimum atomic E-state index is -0.311. The number of aromatic nitrogens is 4. The summed E-state index contributed by atoms with van der Waals surface area (Å²) in [5, 5.41) is 11.6. The molecule has 23 heavy (non-hydrogen) atoms. The molecule has 1 aromatic carbocycles. The quantitative estimate of drug-likeness (QED) is 0.748. The van der Waals surface area contributed by atoms with Crippen LogP contribution in [0.5, 0.6) is 0 Å². The third-order valence-corrected chi connectivity index (χ3v) is 3.10. The zero-order valence-corrected chi connectivity index (χ0v) is 12.7. The molecule has 0 bridgehead atoms. The number of carbonyl (C=O) groups excluding carboxylic acids is 1. The van der Waals surface area contributed by atoms with E-state index in [9.17, 15) is 4.79 Å². The van der Waals surface area contributed by atoms with Crippen LogP contribution in [0.2, 0.25) is 5.02 Å². The maximum atomic E-state index is 11.8. The summed E-state index contributed by atoms with van der Waals surface area (Å²) in [5.74, 6) is 0.117. The lowest BCUT2D eigenvalue weighted by Gasteiger charge is -1.99. The van der Waals surface area contributed by atoms with Gasteiger partial charge in [0, 0.05) is 12.3 Å². The van der Waals surface area contributed by atoms with Crippen molar-refractivity contribution in [1.82, 2.24) is 20.0 Å². The van der Waals surface area contributed by atoms with Gasteiger partial charge in [0.1, 0.15) is 11.5 Å². The van der Waals surface area contributed by atoms with Crippen LogP contribution < -0.4 is 5.32 Å². The average Bonchev–Trinajstić information content (AvgIpc) is 3.05. The van der Waals surface area contributed by atoms with Crippen molar-refractivity contribution in [1.29, 1.82) is 0 Å². The number of hydrogen-bond donors (Lipinski definition) is 1. The Balaban J connectivity index is 1.65. The summed E-state index contributed by atoms with van der Waals surface area (Å²) >= 11 is 5.74. The van der Waals surface area contributed by atoms with Gasteiger partial charge in [0.05, 0.1) is 16.9 Å². The molecule has 0 fully saturated rings. The van der Waals surface area contributed by atoms with Gasteiger partial charge in [0.25, 0.3) is 0 Å². The molecule has 0 unspecified atom stereocenters. The standard InChI is InChI=1S/C16H12ClN5O/c17-12-6-8-15(18-10-12)20-16(23)9-7-13-11-19-22(21-13)14-4-2-1-3-5-14/h1-11H,(H,18,20,23). The number of nitrogens with zero attached hydrogens (tertiary/aromatic N) is 4. The number of pyridine rings is 1. The number of halogens is 1. The van der Waals surface area contributed by atoms with Crippen LogP contribution in [0.3, 0.4) is 0 Å². The minimum absolute atomic E-state index is 0.311. The van der Waals surface area contributed by atoms with E-state index in [1.54, 1.807) is 24.4 Å². The summed E-state index contributed by atoms with van der Waals surface area (Å²) in [5.41, 5.74) is 1.43. The topological polar surface area (TPSA) is 72.7 Å². The van der Waals surface area contributed by atoms with Gasteiger partial charge in [-0.3, -0.25) is 4.79 Å². The smallest absolute Gasteiger partial charge is 0.249 e. The number of nitrogens with one attached hydrogen (secondary N) is 1. The Morgan fingerprint density at radius 1 is 1.13 bits per heavy atom. The van der Waals surface area contributed by atoms with Gasteiger partial charge in [0.15, 0.2) is 0 Å². The highest BCUT2D eigenvalue weighted by molar-refractivity contribution is 6.30. The third kappa shape index (κ3) is 4.02. The van der Waals surface area contributed by atoms with E-state index < -0.39 is 0 Å². The SMILES string of the molecule is O=C(C=Cc1cnn(-c2ccccc2)n1)Nc1ccc(Cl)cn1.